The highest BCUT2D eigenvalue weighted by molar-refractivity contribution is 7.92. The first kappa shape index (κ1) is 19.5. The number of halogens is 3. The zero-order valence-electron chi connectivity index (χ0n) is 14.8. The van der Waals surface area contributed by atoms with Gasteiger partial charge in [-0.25, -0.2) is 8.42 Å². The molecule has 0 saturated heterocycles. The van der Waals surface area contributed by atoms with E-state index in [0.29, 0.717) is 18.4 Å². The van der Waals surface area contributed by atoms with Gasteiger partial charge < -0.3 is 0 Å². The van der Waals surface area contributed by atoms with Gasteiger partial charge in [0, 0.05) is 6.54 Å². The lowest BCUT2D eigenvalue weighted by Crippen LogP contribution is -2.16. The van der Waals surface area contributed by atoms with Gasteiger partial charge in [-0.05, 0) is 50.3 Å². The number of sulfonamides is 1. The van der Waals surface area contributed by atoms with Gasteiger partial charge in [0.1, 0.15) is 0 Å². The molecule has 27 heavy (non-hydrogen) atoms. The van der Waals surface area contributed by atoms with Crippen LogP contribution in [-0.2, 0) is 22.7 Å². The number of anilines is 1. The molecule has 0 radical (unpaired) electrons. The molecule has 146 valence electrons. The molecule has 0 spiro atoms. The van der Waals surface area contributed by atoms with Crippen molar-refractivity contribution < 1.29 is 21.6 Å². The van der Waals surface area contributed by atoms with Crippen molar-refractivity contribution in [3.63, 3.8) is 0 Å². The molecule has 0 amide bonds. The van der Waals surface area contributed by atoms with Crippen LogP contribution in [0.1, 0.15) is 43.9 Å². The van der Waals surface area contributed by atoms with Crippen LogP contribution in [0.4, 0.5) is 19.0 Å². The fourth-order valence-electron chi connectivity index (χ4n) is 3.21. The molecular formula is C18H20F3N3O2S. The quantitative estimate of drug-likeness (QED) is 0.794. The summed E-state index contributed by atoms with van der Waals surface area (Å²) in [7, 11) is -4.05. The monoisotopic (exact) mass is 399 g/mol. The molecule has 0 unspecified atom stereocenters. The van der Waals surface area contributed by atoms with Crippen molar-refractivity contribution in [3.8, 4) is 0 Å². The zero-order chi connectivity index (χ0) is 19.7. The SMILES string of the molecule is CCn1nc(NS(=O)(=O)c2ccccc2)c(C2=CCCCC2)c1C(F)(F)F. The highest BCUT2D eigenvalue weighted by atomic mass is 32.2. The number of hydrogen-bond acceptors (Lipinski definition) is 3. The predicted octanol–water partition coefficient (Wildman–Crippen LogP) is 4.68. The average molecular weight is 399 g/mol. The van der Waals surface area contributed by atoms with Crippen molar-refractivity contribution >= 4 is 21.4 Å². The lowest BCUT2D eigenvalue weighted by atomic mass is 9.93. The normalized spacial score (nSPS) is 15.5. The van der Waals surface area contributed by atoms with Crippen LogP contribution in [0.2, 0.25) is 0 Å². The number of nitrogens with one attached hydrogen (secondary N) is 1. The van der Waals surface area contributed by atoms with E-state index in [9.17, 15) is 21.6 Å². The van der Waals surface area contributed by atoms with E-state index in [4.69, 9.17) is 0 Å². The van der Waals surface area contributed by atoms with Crippen LogP contribution in [-0.4, -0.2) is 18.2 Å². The summed E-state index contributed by atoms with van der Waals surface area (Å²) in [5.74, 6) is -0.277. The number of hydrogen-bond donors (Lipinski definition) is 1. The molecular weight excluding hydrogens is 379 g/mol. The van der Waals surface area contributed by atoms with Crippen molar-refractivity contribution in [2.24, 2.45) is 0 Å². The molecule has 0 saturated carbocycles. The van der Waals surface area contributed by atoms with Crippen LogP contribution in [0.3, 0.4) is 0 Å². The summed E-state index contributed by atoms with van der Waals surface area (Å²) in [6, 6.07) is 7.51. The van der Waals surface area contributed by atoms with Crippen LogP contribution in [0, 0.1) is 0 Å². The Bertz CT molecular complexity index is 948. The van der Waals surface area contributed by atoms with Crippen LogP contribution >= 0.6 is 0 Å². The van der Waals surface area contributed by atoms with Gasteiger partial charge in [-0.2, -0.15) is 18.3 Å². The van der Waals surface area contributed by atoms with Gasteiger partial charge in [0.25, 0.3) is 10.0 Å². The van der Waals surface area contributed by atoms with E-state index < -0.39 is 21.9 Å². The summed E-state index contributed by atoms with van der Waals surface area (Å²) >= 11 is 0. The van der Waals surface area contributed by atoms with Gasteiger partial charge in [0.2, 0.25) is 0 Å². The van der Waals surface area contributed by atoms with Gasteiger partial charge in [-0.1, -0.05) is 24.3 Å². The highest BCUT2D eigenvalue weighted by Crippen LogP contribution is 2.42. The molecule has 1 aromatic carbocycles. The molecule has 0 bridgehead atoms. The molecule has 3 rings (SSSR count). The summed E-state index contributed by atoms with van der Waals surface area (Å²) in [6.45, 7) is 1.51. The highest BCUT2D eigenvalue weighted by Gasteiger charge is 2.41. The Balaban J connectivity index is 2.15. The van der Waals surface area contributed by atoms with Crippen LogP contribution in [0.5, 0.6) is 0 Å². The summed E-state index contributed by atoms with van der Waals surface area (Å²) in [6.07, 6.45) is -0.125. The summed E-state index contributed by atoms with van der Waals surface area (Å²) in [4.78, 5) is -0.0341. The van der Waals surface area contributed by atoms with Crippen molar-refractivity contribution in [1.82, 2.24) is 9.78 Å². The Morgan fingerprint density at radius 1 is 1.19 bits per heavy atom. The van der Waals surface area contributed by atoms with Gasteiger partial charge >= 0.3 is 6.18 Å². The van der Waals surface area contributed by atoms with Gasteiger partial charge in [0.05, 0.1) is 10.5 Å². The van der Waals surface area contributed by atoms with E-state index in [1.54, 1.807) is 24.3 Å². The Morgan fingerprint density at radius 2 is 1.89 bits per heavy atom. The number of aromatic nitrogens is 2. The molecule has 0 fully saturated rings. The lowest BCUT2D eigenvalue weighted by Gasteiger charge is -2.17. The zero-order valence-corrected chi connectivity index (χ0v) is 15.6. The fourth-order valence-corrected chi connectivity index (χ4v) is 4.24. The predicted molar refractivity (Wildman–Crippen MR) is 96.6 cm³/mol. The fraction of sp³-hybridized carbons (Fsp3) is 0.389. The summed E-state index contributed by atoms with van der Waals surface area (Å²) in [5, 5.41) is 3.95. The van der Waals surface area contributed by atoms with Crippen LogP contribution in [0.25, 0.3) is 5.57 Å². The van der Waals surface area contributed by atoms with E-state index in [0.717, 1.165) is 17.5 Å². The van der Waals surface area contributed by atoms with E-state index >= 15 is 0 Å². The molecule has 9 heteroatoms. The van der Waals surface area contributed by atoms with E-state index in [1.165, 1.54) is 19.1 Å². The number of alkyl halides is 3. The van der Waals surface area contributed by atoms with Crippen molar-refractivity contribution in [2.75, 3.05) is 4.72 Å². The molecule has 1 aliphatic carbocycles. The van der Waals surface area contributed by atoms with Crippen LogP contribution in [0.15, 0.2) is 41.3 Å². The topological polar surface area (TPSA) is 64.0 Å². The second kappa shape index (κ2) is 7.38. The molecule has 1 N–H and O–H groups in total. The Kier molecular flexibility index (Phi) is 5.32. The summed E-state index contributed by atoms with van der Waals surface area (Å²) in [5.41, 5.74) is -0.591. The number of benzene rings is 1. The Labute approximate surface area is 155 Å². The van der Waals surface area contributed by atoms with Gasteiger partial charge in [0.15, 0.2) is 11.5 Å². The van der Waals surface area contributed by atoms with Gasteiger partial charge in [-0.3, -0.25) is 9.40 Å². The summed E-state index contributed by atoms with van der Waals surface area (Å²) < 4.78 is 69.6. The Hall–Kier alpha value is -2.29. The first-order chi connectivity index (χ1) is 12.7. The minimum Gasteiger partial charge on any atom is -0.261 e. The van der Waals surface area contributed by atoms with Crippen molar-refractivity contribution in [3.05, 3.63) is 47.7 Å². The van der Waals surface area contributed by atoms with Crippen molar-refractivity contribution in [1.29, 1.82) is 0 Å². The largest absolute Gasteiger partial charge is 0.433 e. The maximum atomic E-state index is 13.8. The molecule has 1 heterocycles. The molecule has 1 aliphatic rings. The number of allylic oxidation sites excluding steroid dienone is 2. The third kappa shape index (κ3) is 4.02. The second-order valence-corrected chi connectivity index (χ2v) is 7.96. The molecule has 0 atom stereocenters. The smallest absolute Gasteiger partial charge is 0.261 e. The maximum Gasteiger partial charge on any atom is 0.433 e. The third-order valence-electron chi connectivity index (χ3n) is 4.42. The second-order valence-electron chi connectivity index (χ2n) is 6.28. The minimum absolute atomic E-state index is 0.0256. The minimum atomic E-state index is -4.65. The van der Waals surface area contributed by atoms with Gasteiger partial charge in [-0.15, -0.1) is 0 Å². The molecule has 5 nitrogen and oxygen atoms in total. The number of aryl methyl sites for hydroxylation is 1. The standard InChI is InChI=1S/C18H20F3N3O2S/c1-2-24-16(18(19,20)21)15(13-9-5-3-6-10-13)17(22-24)23-27(25,26)14-11-7-4-8-12-14/h4,7-9,11-12H,2-3,5-6,10H2,1H3,(H,22,23). The lowest BCUT2D eigenvalue weighted by molar-refractivity contribution is -0.144. The molecule has 0 aliphatic heterocycles. The number of nitrogens with zero attached hydrogens (tertiary/aromatic N) is 2. The van der Waals surface area contributed by atoms with E-state index in [2.05, 4.69) is 9.82 Å². The number of rotatable bonds is 5. The third-order valence-corrected chi connectivity index (χ3v) is 5.77. The first-order valence-electron chi connectivity index (χ1n) is 8.69. The van der Waals surface area contributed by atoms with Crippen LogP contribution < -0.4 is 4.72 Å². The Morgan fingerprint density at radius 3 is 2.44 bits per heavy atom. The van der Waals surface area contributed by atoms with E-state index in [-0.39, 0.29) is 22.8 Å². The molecule has 1 aromatic heterocycles. The maximum absolute atomic E-state index is 13.8. The van der Waals surface area contributed by atoms with E-state index in [1.807, 2.05) is 0 Å². The average Bonchev–Trinajstić information content (AvgIpc) is 3.01. The molecule has 2 aromatic rings. The first-order valence-corrected chi connectivity index (χ1v) is 10.2. The van der Waals surface area contributed by atoms with Crippen molar-refractivity contribution in [2.45, 2.75) is 50.2 Å².